The molecule has 1 aromatic rings. The lowest BCUT2D eigenvalue weighted by Crippen LogP contribution is -2.52. The zero-order valence-corrected chi connectivity index (χ0v) is 19.6. The second kappa shape index (κ2) is 11.6. The van der Waals surface area contributed by atoms with Crippen LogP contribution in [0.25, 0.3) is 0 Å². The molecule has 1 aromatic carbocycles. The fraction of sp³-hybridized carbons (Fsp3) is 0.429. The molecule has 194 valence electrons. The van der Waals surface area contributed by atoms with Gasteiger partial charge in [-0.05, 0) is 30.2 Å². The highest BCUT2D eigenvalue weighted by atomic mass is 35.5. The average Bonchev–Trinajstić information content (AvgIpc) is 2.73. The van der Waals surface area contributed by atoms with Crippen LogP contribution >= 0.6 is 24.2 Å². The van der Waals surface area contributed by atoms with Crippen molar-refractivity contribution in [1.29, 1.82) is 0 Å². The highest BCUT2D eigenvalue weighted by Crippen LogP contribution is 2.36. The van der Waals surface area contributed by atoms with Crippen LogP contribution in [-0.2, 0) is 16.1 Å². The molecule has 0 saturated carbocycles. The summed E-state index contributed by atoms with van der Waals surface area (Å²) < 4.78 is 77.9. The Hall–Kier alpha value is -2.38. The predicted molar refractivity (Wildman–Crippen MR) is 120 cm³/mol. The van der Waals surface area contributed by atoms with Gasteiger partial charge in [0.1, 0.15) is 11.8 Å². The second-order valence-electron chi connectivity index (χ2n) is 7.69. The third-order valence-corrected chi connectivity index (χ3v) is 6.18. The largest absolute Gasteiger partial charge is 0.573 e. The van der Waals surface area contributed by atoms with Crippen LogP contribution in [0.4, 0.5) is 26.3 Å². The second-order valence-corrected chi connectivity index (χ2v) is 8.79. The molecule has 14 heteroatoms. The predicted octanol–water partition coefficient (Wildman–Crippen LogP) is 4.06. The van der Waals surface area contributed by atoms with E-state index in [-0.39, 0.29) is 43.3 Å². The minimum atomic E-state index is -4.83. The highest BCUT2D eigenvalue weighted by molar-refractivity contribution is 8.03. The molecule has 0 spiro atoms. The van der Waals surface area contributed by atoms with Crippen molar-refractivity contribution < 1.29 is 40.7 Å². The van der Waals surface area contributed by atoms with E-state index in [0.29, 0.717) is 16.2 Å². The number of ether oxygens (including phenoxy) is 1. The Morgan fingerprint density at radius 2 is 1.83 bits per heavy atom. The molecule has 3 N–H and O–H groups in total. The normalized spacial score (nSPS) is 20.3. The van der Waals surface area contributed by atoms with E-state index in [4.69, 9.17) is 5.73 Å². The topological polar surface area (TPSA) is 84.7 Å². The standard InChI is InChI=1S/C21H21F6N3O3S.ClH/c22-20(23,24)6-1-7-29-19(32)13-8-16-17(18(31)15(28)11-34-16)30(10-13)9-12-2-4-14(5-3-12)33-21(25,26)27;/h2-5,8,10,15,17H,1,6-7,9,11,28H2,(H,29,32);1H/t15-,17?;/m0./s1. The molecule has 2 aliphatic heterocycles. The van der Waals surface area contributed by atoms with Crippen molar-refractivity contribution in [1.82, 2.24) is 10.2 Å². The van der Waals surface area contributed by atoms with E-state index in [1.54, 1.807) is 4.90 Å². The van der Waals surface area contributed by atoms with Crippen LogP contribution in [0.2, 0.25) is 0 Å². The summed E-state index contributed by atoms with van der Waals surface area (Å²) in [5, 5.41) is 2.43. The quantitative estimate of drug-likeness (QED) is 0.397. The molecule has 1 fully saturated rings. The minimum Gasteiger partial charge on any atom is -0.406 e. The molecule has 3 rings (SSSR count). The van der Waals surface area contributed by atoms with Crippen LogP contribution in [0, 0.1) is 0 Å². The number of Topliss-reactive ketones (excluding diaryl/α,β-unsaturated/α-hetero) is 1. The van der Waals surface area contributed by atoms with Crippen molar-refractivity contribution in [2.24, 2.45) is 5.73 Å². The molecule has 1 unspecified atom stereocenters. The van der Waals surface area contributed by atoms with Gasteiger partial charge in [0.2, 0.25) is 0 Å². The van der Waals surface area contributed by atoms with E-state index in [1.165, 1.54) is 36.2 Å². The minimum absolute atomic E-state index is 0. The van der Waals surface area contributed by atoms with Gasteiger partial charge in [0.15, 0.2) is 5.78 Å². The number of hydrogen-bond donors (Lipinski definition) is 2. The van der Waals surface area contributed by atoms with Crippen LogP contribution < -0.4 is 15.8 Å². The average molecular weight is 546 g/mol. The first-order valence-electron chi connectivity index (χ1n) is 10.1. The summed E-state index contributed by atoms with van der Waals surface area (Å²) in [6.07, 6.45) is -7.54. The Labute approximate surface area is 207 Å². The van der Waals surface area contributed by atoms with Crippen LogP contribution in [-0.4, -0.2) is 53.5 Å². The lowest BCUT2D eigenvalue weighted by atomic mass is 9.98. The van der Waals surface area contributed by atoms with Crippen molar-refractivity contribution in [2.45, 2.75) is 44.0 Å². The summed E-state index contributed by atoms with van der Waals surface area (Å²) in [6.45, 7) is -0.113. The molecule has 2 aliphatic rings. The lowest BCUT2D eigenvalue weighted by Gasteiger charge is -2.39. The fourth-order valence-corrected chi connectivity index (χ4v) is 4.60. The lowest BCUT2D eigenvalue weighted by molar-refractivity contribution is -0.274. The van der Waals surface area contributed by atoms with Gasteiger partial charge in [-0.25, -0.2) is 0 Å². The van der Waals surface area contributed by atoms with E-state index in [9.17, 15) is 35.9 Å². The van der Waals surface area contributed by atoms with Crippen molar-refractivity contribution in [3.05, 3.63) is 52.6 Å². The van der Waals surface area contributed by atoms with Crippen LogP contribution in [0.3, 0.4) is 0 Å². The molecule has 0 aliphatic carbocycles. The summed E-state index contributed by atoms with van der Waals surface area (Å²) in [5.41, 5.74) is 6.57. The molecular formula is C21H22ClF6N3O3S. The maximum Gasteiger partial charge on any atom is 0.573 e. The Bertz CT molecular complexity index is 982. The van der Waals surface area contributed by atoms with Gasteiger partial charge >= 0.3 is 12.5 Å². The van der Waals surface area contributed by atoms with Gasteiger partial charge < -0.3 is 20.7 Å². The van der Waals surface area contributed by atoms with Crippen LogP contribution in [0.15, 0.2) is 47.0 Å². The number of nitrogens with one attached hydrogen (secondary N) is 1. The van der Waals surface area contributed by atoms with Gasteiger partial charge in [-0.2, -0.15) is 13.2 Å². The molecule has 0 bridgehead atoms. The number of alkyl halides is 6. The van der Waals surface area contributed by atoms with E-state index in [2.05, 4.69) is 10.1 Å². The summed E-state index contributed by atoms with van der Waals surface area (Å²) in [6, 6.07) is 3.54. The Balaban J connectivity index is 0.00000432. The van der Waals surface area contributed by atoms with Crippen molar-refractivity contribution in [3.63, 3.8) is 0 Å². The molecule has 0 aromatic heterocycles. The highest BCUT2D eigenvalue weighted by Gasteiger charge is 2.39. The molecule has 35 heavy (non-hydrogen) atoms. The van der Waals surface area contributed by atoms with Crippen LogP contribution in [0.1, 0.15) is 18.4 Å². The van der Waals surface area contributed by atoms with Gasteiger partial charge in [0.25, 0.3) is 5.91 Å². The number of ketones is 1. The fourth-order valence-electron chi connectivity index (χ4n) is 3.44. The van der Waals surface area contributed by atoms with Gasteiger partial charge in [-0.15, -0.1) is 37.3 Å². The zero-order valence-electron chi connectivity index (χ0n) is 18.0. The smallest absolute Gasteiger partial charge is 0.406 e. The summed E-state index contributed by atoms with van der Waals surface area (Å²) in [4.78, 5) is 27.4. The van der Waals surface area contributed by atoms with E-state index >= 15 is 0 Å². The molecule has 0 radical (unpaired) electrons. The SMILES string of the molecule is Cl.N[C@H]1CSC2=CC(C(=O)NCCCC(F)(F)F)=CN(Cc3ccc(OC(F)(F)F)cc3)C2C1=O. The maximum atomic E-state index is 12.8. The maximum absolute atomic E-state index is 12.8. The number of amides is 1. The van der Waals surface area contributed by atoms with Gasteiger partial charge in [0.05, 0.1) is 11.6 Å². The molecule has 2 heterocycles. The first-order valence-corrected chi connectivity index (χ1v) is 11.1. The number of fused-ring (bicyclic) bond motifs is 1. The summed E-state index contributed by atoms with van der Waals surface area (Å²) in [5.74, 6) is -0.979. The monoisotopic (exact) mass is 545 g/mol. The third-order valence-electron chi connectivity index (χ3n) is 4.98. The number of hydrogen-bond acceptors (Lipinski definition) is 6. The number of carbonyl (C=O) groups excluding carboxylic acids is 2. The van der Waals surface area contributed by atoms with Crippen molar-refractivity contribution in [2.75, 3.05) is 12.3 Å². The third kappa shape index (κ3) is 8.36. The Morgan fingerprint density at radius 1 is 1.17 bits per heavy atom. The van der Waals surface area contributed by atoms with Gasteiger partial charge in [-0.3, -0.25) is 9.59 Å². The number of benzene rings is 1. The Kier molecular flexibility index (Phi) is 9.54. The number of halogens is 7. The number of nitrogens with two attached hydrogens (primary N) is 1. The molecular weight excluding hydrogens is 524 g/mol. The first-order chi connectivity index (χ1) is 15.8. The zero-order chi connectivity index (χ0) is 25.1. The summed E-state index contributed by atoms with van der Waals surface area (Å²) in [7, 11) is 0. The van der Waals surface area contributed by atoms with Crippen molar-refractivity contribution in [3.8, 4) is 5.75 Å². The van der Waals surface area contributed by atoms with Gasteiger partial charge in [0, 0.05) is 36.4 Å². The first kappa shape index (κ1) is 28.9. The van der Waals surface area contributed by atoms with Crippen LogP contribution in [0.5, 0.6) is 5.75 Å². The van der Waals surface area contributed by atoms with Crippen molar-refractivity contribution >= 4 is 35.9 Å². The number of carbonyl (C=O) groups is 2. The summed E-state index contributed by atoms with van der Waals surface area (Å²) >= 11 is 1.29. The Morgan fingerprint density at radius 3 is 2.43 bits per heavy atom. The number of thioether (sulfide) groups is 1. The van der Waals surface area contributed by atoms with E-state index in [0.717, 1.165) is 12.1 Å². The number of rotatable bonds is 7. The molecule has 1 saturated heterocycles. The number of nitrogens with zero attached hydrogens (tertiary/aromatic N) is 1. The van der Waals surface area contributed by atoms with Gasteiger partial charge in [-0.1, -0.05) is 12.1 Å². The molecule has 2 atom stereocenters. The molecule has 6 nitrogen and oxygen atoms in total. The molecule has 1 amide bonds. The van der Waals surface area contributed by atoms with E-state index < -0.39 is 42.7 Å². The van der Waals surface area contributed by atoms with E-state index in [1.807, 2.05) is 0 Å².